The van der Waals surface area contributed by atoms with Crippen LogP contribution in [0, 0.1) is 0 Å². The number of ether oxygens (including phenoxy) is 5. The normalized spacial score (nSPS) is 12.8. The Hall–Kier alpha value is -2.60. The van der Waals surface area contributed by atoms with Crippen molar-refractivity contribution in [2.45, 2.75) is 25.9 Å². The smallest absolute Gasteiger partial charge is 0.306 e. The summed E-state index contributed by atoms with van der Waals surface area (Å²) in [4.78, 5) is 12.1. The number of hydrogen-bond acceptors (Lipinski definition) is 6. The van der Waals surface area contributed by atoms with Crippen LogP contribution >= 0.6 is 11.6 Å². The fraction of sp³-hybridized carbons (Fsp3) is 0.381. The average Bonchev–Trinajstić information content (AvgIpc) is 2.96. The molecule has 7 heteroatoms. The van der Waals surface area contributed by atoms with Gasteiger partial charge in [-0.1, -0.05) is 17.7 Å². The van der Waals surface area contributed by atoms with Gasteiger partial charge in [-0.2, -0.15) is 0 Å². The molecule has 28 heavy (non-hydrogen) atoms. The molecule has 150 valence electrons. The van der Waals surface area contributed by atoms with E-state index in [9.17, 15) is 4.79 Å². The molecule has 0 aromatic heterocycles. The Kier molecular flexibility index (Phi) is 6.87. The molecule has 2 aromatic rings. The highest BCUT2D eigenvalue weighted by molar-refractivity contribution is 6.32. The third-order valence-electron chi connectivity index (χ3n) is 4.33. The quantitative estimate of drug-likeness (QED) is 0.642. The summed E-state index contributed by atoms with van der Waals surface area (Å²) in [6, 6.07) is 9.11. The molecular weight excluding hydrogens is 384 g/mol. The number of esters is 1. The monoisotopic (exact) mass is 406 g/mol. The van der Waals surface area contributed by atoms with Crippen molar-refractivity contribution in [1.82, 2.24) is 0 Å². The predicted octanol–water partition coefficient (Wildman–Crippen LogP) is 4.19. The Balaban J connectivity index is 1.55. The van der Waals surface area contributed by atoms with Gasteiger partial charge in [-0.15, -0.1) is 0 Å². The van der Waals surface area contributed by atoms with Crippen LogP contribution in [-0.2, 0) is 22.6 Å². The molecule has 2 aromatic carbocycles. The van der Waals surface area contributed by atoms with Gasteiger partial charge in [-0.25, -0.2) is 0 Å². The van der Waals surface area contributed by atoms with Gasteiger partial charge in [0.1, 0.15) is 6.61 Å². The topological polar surface area (TPSA) is 63.2 Å². The molecule has 6 nitrogen and oxygen atoms in total. The summed E-state index contributed by atoms with van der Waals surface area (Å²) in [6.45, 7) is 1.26. The minimum atomic E-state index is -0.294. The van der Waals surface area contributed by atoms with E-state index in [4.69, 9.17) is 35.3 Å². The second-order valence-corrected chi connectivity index (χ2v) is 6.71. The van der Waals surface area contributed by atoms with Gasteiger partial charge in [-0.05, 0) is 41.8 Å². The molecule has 1 heterocycles. The van der Waals surface area contributed by atoms with Crippen LogP contribution < -0.4 is 18.9 Å². The Morgan fingerprint density at radius 2 is 1.82 bits per heavy atom. The first kappa shape index (κ1) is 20.1. The number of aryl methyl sites for hydroxylation is 1. The second kappa shape index (κ2) is 9.55. The number of benzene rings is 2. The number of hydrogen-bond donors (Lipinski definition) is 0. The van der Waals surface area contributed by atoms with Crippen LogP contribution in [0.5, 0.6) is 23.0 Å². The van der Waals surface area contributed by atoms with Crippen molar-refractivity contribution in [1.29, 1.82) is 0 Å². The lowest BCUT2D eigenvalue weighted by Gasteiger charge is -2.12. The van der Waals surface area contributed by atoms with Gasteiger partial charge < -0.3 is 23.7 Å². The van der Waals surface area contributed by atoms with Crippen LogP contribution in [-0.4, -0.2) is 33.4 Å². The molecule has 0 bridgehead atoms. The van der Waals surface area contributed by atoms with E-state index in [0.717, 1.165) is 17.5 Å². The highest BCUT2D eigenvalue weighted by Crippen LogP contribution is 2.38. The zero-order chi connectivity index (χ0) is 19.9. The lowest BCUT2D eigenvalue weighted by Crippen LogP contribution is -2.06. The number of carbonyl (C=O) groups excluding carboxylic acids is 1. The molecular formula is C21H23ClO6. The molecule has 3 rings (SSSR count). The van der Waals surface area contributed by atoms with Gasteiger partial charge in [-0.3, -0.25) is 4.79 Å². The summed E-state index contributed by atoms with van der Waals surface area (Å²) < 4.78 is 27.1. The zero-order valence-corrected chi connectivity index (χ0v) is 16.7. The maximum absolute atomic E-state index is 12.1. The van der Waals surface area contributed by atoms with E-state index in [0.29, 0.717) is 47.7 Å². The van der Waals surface area contributed by atoms with Crippen LogP contribution in [0.2, 0.25) is 5.02 Å². The molecule has 0 unspecified atom stereocenters. The fourth-order valence-electron chi connectivity index (χ4n) is 2.89. The first-order valence-electron chi connectivity index (χ1n) is 9.05. The highest BCUT2D eigenvalue weighted by atomic mass is 35.5. The Morgan fingerprint density at radius 3 is 2.61 bits per heavy atom. The van der Waals surface area contributed by atoms with Crippen molar-refractivity contribution < 1.29 is 28.5 Å². The van der Waals surface area contributed by atoms with Crippen molar-refractivity contribution in [3.05, 3.63) is 46.5 Å². The summed E-state index contributed by atoms with van der Waals surface area (Å²) >= 11 is 6.26. The van der Waals surface area contributed by atoms with Crippen molar-refractivity contribution in [3.8, 4) is 23.0 Å². The van der Waals surface area contributed by atoms with E-state index in [2.05, 4.69) is 0 Å². The van der Waals surface area contributed by atoms with E-state index in [1.807, 2.05) is 18.2 Å². The molecule has 1 aliphatic heterocycles. The van der Waals surface area contributed by atoms with Crippen LogP contribution in [0.4, 0.5) is 0 Å². The molecule has 0 spiro atoms. The lowest BCUT2D eigenvalue weighted by molar-refractivity contribution is -0.144. The van der Waals surface area contributed by atoms with Crippen molar-refractivity contribution in [2.75, 3.05) is 27.4 Å². The largest absolute Gasteiger partial charge is 0.493 e. The summed E-state index contributed by atoms with van der Waals surface area (Å²) in [7, 11) is 3.16. The average molecular weight is 407 g/mol. The maximum Gasteiger partial charge on any atom is 0.306 e. The number of halogens is 1. The zero-order valence-electron chi connectivity index (χ0n) is 16.0. The van der Waals surface area contributed by atoms with Crippen LogP contribution in [0.25, 0.3) is 0 Å². The van der Waals surface area contributed by atoms with E-state index in [-0.39, 0.29) is 19.0 Å². The molecule has 0 aliphatic carbocycles. The van der Waals surface area contributed by atoms with E-state index < -0.39 is 0 Å². The Morgan fingerprint density at radius 1 is 1.04 bits per heavy atom. The number of carbonyl (C=O) groups is 1. The molecule has 0 radical (unpaired) electrons. The third-order valence-corrected chi connectivity index (χ3v) is 4.61. The first-order valence-corrected chi connectivity index (χ1v) is 9.43. The van der Waals surface area contributed by atoms with Gasteiger partial charge in [0.05, 0.1) is 32.5 Å². The third kappa shape index (κ3) is 5.01. The van der Waals surface area contributed by atoms with Crippen LogP contribution in [0.15, 0.2) is 30.3 Å². The van der Waals surface area contributed by atoms with Gasteiger partial charge >= 0.3 is 5.97 Å². The molecule has 1 aliphatic rings. The molecule has 0 N–H and O–H groups in total. The highest BCUT2D eigenvalue weighted by Gasteiger charge is 2.16. The first-order chi connectivity index (χ1) is 13.6. The summed E-state index contributed by atoms with van der Waals surface area (Å²) in [6.07, 6.45) is 1.60. The van der Waals surface area contributed by atoms with Crippen LogP contribution in [0.3, 0.4) is 0 Å². The molecule has 0 fully saturated rings. The van der Waals surface area contributed by atoms with E-state index in [1.165, 1.54) is 0 Å². The molecule has 0 amide bonds. The minimum absolute atomic E-state index is 0.126. The van der Waals surface area contributed by atoms with Crippen molar-refractivity contribution >= 4 is 17.6 Å². The summed E-state index contributed by atoms with van der Waals surface area (Å²) in [5.41, 5.74) is 1.72. The Labute approximate surface area is 169 Å². The number of rotatable bonds is 7. The molecule has 0 saturated heterocycles. The van der Waals surface area contributed by atoms with Gasteiger partial charge in [0.15, 0.2) is 23.0 Å². The molecule has 0 saturated carbocycles. The summed E-state index contributed by atoms with van der Waals surface area (Å²) in [5.74, 6) is 2.12. The van der Waals surface area contributed by atoms with Gasteiger partial charge in [0.25, 0.3) is 0 Å². The number of methoxy groups -OCH3 is 2. The minimum Gasteiger partial charge on any atom is -0.493 e. The van der Waals surface area contributed by atoms with Crippen LogP contribution in [0.1, 0.15) is 24.0 Å². The van der Waals surface area contributed by atoms with E-state index >= 15 is 0 Å². The van der Waals surface area contributed by atoms with E-state index in [1.54, 1.807) is 26.4 Å². The maximum atomic E-state index is 12.1. The SMILES string of the molecule is COc1ccc(CCC(=O)OCc2cc(Cl)c3c(c2)OCCCO3)cc1OC. The standard InChI is InChI=1S/C21H23ClO6/c1-24-17-6-4-14(11-18(17)25-2)5-7-20(23)28-13-15-10-16(22)21-19(12-15)26-8-3-9-27-21/h4,6,10-12H,3,5,7-9,13H2,1-2H3. The predicted molar refractivity (Wildman–Crippen MR) is 105 cm³/mol. The van der Waals surface area contributed by atoms with Gasteiger partial charge in [0, 0.05) is 12.8 Å². The summed E-state index contributed by atoms with van der Waals surface area (Å²) in [5, 5.41) is 0.454. The van der Waals surface area contributed by atoms with Crippen molar-refractivity contribution in [3.63, 3.8) is 0 Å². The second-order valence-electron chi connectivity index (χ2n) is 6.31. The number of fused-ring (bicyclic) bond motifs is 1. The van der Waals surface area contributed by atoms with Gasteiger partial charge in [0.2, 0.25) is 0 Å². The Bertz CT molecular complexity index is 836. The lowest BCUT2D eigenvalue weighted by atomic mass is 10.1. The molecule has 0 atom stereocenters. The fourth-order valence-corrected chi connectivity index (χ4v) is 3.17. The van der Waals surface area contributed by atoms with Crippen molar-refractivity contribution in [2.24, 2.45) is 0 Å².